The summed E-state index contributed by atoms with van der Waals surface area (Å²) in [7, 11) is 0. The second kappa shape index (κ2) is 10.6. The number of hydrogen-bond acceptors (Lipinski definition) is 6. The number of halogens is 1. The van der Waals surface area contributed by atoms with E-state index in [0.717, 1.165) is 0 Å². The van der Waals surface area contributed by atoms with Crippen LogP contribution in [0.25, 0.3) is 0 Å². The first-order valence-corrected chi connectivity index (χ1v) is 11.9. The van der Waals surface area contributed by atoms with E-state index >= 15 is 4.39 Å². The molecule has 0 aliphatic carbocycles. The normalized spacial score (nSPS) is 13.9. The summed E-state index contributed by atoms with van der Waals surface area (Å²) in [6.45, 7) is 11.4. The van der Waals surface area contributed by atoms with Gasteiger partial charge in [0.05, 0.1) is 25.3 Å². The number of ether oxygens (including phenoxy) is 3. The lowest BCUT2D eigenvalue weighted by Gasteiger charge is -2.25. The smallest absolute Gasteiger partial charge is 0.344 e. The van der Waals surface area contributed by atoms with Crippen LogP contribution in [-0.4, -0.2) is 53.5 Å². The van der Waals surface area contributed by atoms with Crippen LogP contribution in [0.2, 0.25) is 0 Å². The van der Waals surface area contributed by atoms with Crippen molar-refractivity contribution in [2.45, 2.75) is 59.6 Å². The van der Waals surface area contributed by atoms with Crippen LogP contribution in [0.3, 0.4) is 0 Å². The molecule has 0 fully saturated rings. The van der Waals surface area contributed by atoms with Crippen LogP contribution in [0.5, 0.6) is 17.2 Å². The van der Waals surface area contributed by atoms with Gasteiger partial charge in [0, 0.05) is 17.7 Å². The van der Waals surface area contributed by atoms with Crippen molar-refractivity contribution in [3.05, 3.63) is 52.3 Å². The van der Waals surface area contributed by atoms with E-state index in [4.69, 9.17) is 19.6 Å². The highest BCUT2D eigenvalue weighted by Crippen LogP contribution is 2.39. The number of nitrogens with one attached hydrogen (secondary N) is 1. The van der Waals surface area contributed by atoms with Crippen LogP contribution in [-0.2, 0) is 16.8 Å². The fraction of sp³-hybridized carbons (Fsp3) is 0.444. The molecule has 0 amide bonds. The van der Waals surface area contributed by atoms with Crippen molar-refractivity contribution in [3.63, 3.8) is 0 Å². The van der Waals surface area contributed by atoms with Crippen LogP contribution in [0.15, 0.2) is 24.3 Å². The summed E-state index contributed by atoms with van der Waals surface area (Å²) in [5.41, 5.74) is 1.32. The Balaban J connectivity index is 1.88. The fourth-order valence-corrected chi connectivity index (χ4v) is 4.06. The molecule has 1 aliphatic heterocycles. The monoisotopic (exact) mass is 500 g/mol. The Morgan fingerprint density at radius 1 is 1.14 bits per heavy atom. The molecule has 0 radical (unpaired) electrons. The molecule has 0 saturated carbocycles. The number of carbonyl (C=O) groups excluding carboxylic acids is 1. The third-order valence-electron chi connectivity index (χ3n) is 5.87. The minimum absolute atomic E-state index is 0.0305. The lowest BCUT2D eigenvalue weighted by atomic mass is 9.85. The highest BCUT2D eigenvalue weighted by atomic mass is 19.1. The number of Topliss-reactive ketones (excluding diaryl/α,β-unsaturated/α-hetero) is 1. The van der Waals surface area contributed by atoms with Gasteiger partial charge < -0.3 is 24.2 Å². The van der Waals surface area contributed by atoms with Crippen molar-refractivity contribution in [2.75, 3.05) is 19.8 Å². The van der Waals surface area contributed by atoms with Crippen molar-refractivity contribution >= 4 is 17.6 Å². The van der Waals surface area contributed by atoms with E-state index in [0.29, 0.717) is 29.0 Å². The molecule has 3 rings (SSSR count). The van der Waals surface area contributed by atoms with E-state index in [1.54, 1.807) is 38.1 Å². The van der Waals surface area contributed by atoms with Crippen molar-refractivity contribution in [3.8, 4) is 17.2 Å². The molecule has 1 heterocycles. The van der Waals surface area contributed by atoms with E-state index in [1.807, 2.05) is 20.8 Å². The molecule has 1 atom stereocenters. The van der Waals surface area contributed by atoms with Crippen LogP contribution in [0.4, 0.5) is 4.39 Å². The van der Waals surface area contributed by atoms with Crippen LogP contribution >= 0.6 is 0 Å². The van der Waals surface area contributed by atoms with Gasteiger partial charge in [0.1, 0.15) is 11.6 Å². The molecule has 1 unspecified atom stereocenters. The van der Waals surface area contributed by atoms with Crippen molar-refractivity contribution < 1.29 is 33.3 Å². The molecule has 1 aliphatic rings. The van der Waals surface area contributed by atoms with Crippen LogP contribution < -0.4 is 14.2 Å². The maximum atomic E-state index is 15.3. The van der Waals surface area contributed by atoms with E-state index in [-0.39, 0.29) is 48.4 Å². The maximum absolute atomic E-state index is 15.3. The van der Waals surface area contributed by atoms with Gasteiger partial charge in [0.2, 0.25) is 0 Å². The second-order valence-electron chi connectivity index (χ2n) is 9.61. The maximum Gasteiger partial charge on any atom is 0.344 e. The zero-order valence-electron chi connectivity index (χ0n) is 21.5. The largest absolute Gasteiger partial charge is 0.490 e. The SMILES string of the molecule is CCOc1cc2c(c(F)c1OCC)C(=N)N(CC(=O)c1ccc(OC(C)C(=O)O)c(C(C)(C)C)c1)C2. The van der Waals surface area contributed by atoms with E-state index in [2.05, 4.69) is 0 Å². The highest BCUT2D eigenvalue weighted by molar-refractivity contribution is 6.06. The van der Waals surface area contributed by atoms with Gasteiger partial charge in [-0.25, -0.2) is 9.18 Å². The van der Waals surface area contributed by atoms with Crippen LogP contribution in [0.1, 0.15) is 68.6 Å². The number of fused-ring (bicyclic) bond motifs is 1. The average Bonchev–Trinajstić information content (AvgIpc) is 3.10. The summed E-state index contributed by atoms with van der Waals surface area (Å²) < 4.78 is 31.9. The molecule has 2 aromatic rings. The number of hydrogen-bond donors (Lipinski definition) is 2. The lowest BCUT2D eigenvalue weighted by Crippen LogP contribution is -2.31. The van der Waals surface area contributed by atoms with Gasteiger partial charge in [-0.05, 0) is 56.0 Å². The first-order chi connectivity index (χ1) is 16.9. The molecule has 0 aromatic heterocycles. The Hall–Kier alpha value is -3.62. The molecule has 36 heavy (non-hydrogen) atoms. The Kier molecular flexibility index (Phi) is 7.91. The van der Waals surface area contributed by atoms with Gasteiger partial charge in [-0.3, -0.25) is 10.2 Å². The molecule has 2 N–H and O–H groups in total. The number of nitrogens with zero attached hydrogens (tertiary/aromatic N) is 1. The van der Waals surface area contributed by atoms with Crippen molar-refractivity contribution in [1.29, 1.82) is 5.41 Å². The Morgan fingerprint density at radius 2 is 1.81 bits per heavy atom. The number of aliphatic carboxylic acids is 1. The van der Waals surface area contributed by atoms with E-state index in [9.17, 15) is 14.7 Å². The predicted molar refractivity (Wildman–Crippen MR) is 133 cm³/mol. The molecule has 9 heteroatoms. The summed E-state index contributed by atoms with van der Waals surface area (Å²) >= 11 is 0. The van der Waals surface area contributed by atoms with Gasteiger partial charge in [-0.15, -0.1) is 0 Å². The number of benzene rings is 2. The number of rotatable bonds is 10. The van der Waals surface area contributed by atoms with Crippen molar-refractivity contribution in [1.82, 2.24) is 4.90 Å². The average molecular weight is 501 g/mol. The van der Waals surface area contributed by atoms with Crippen LogP contribution in [0, 0.1) is 11.2 Å². The highest BCUT2D eigenvalue weighted by Gasteiger charge is 2.33. The van der Waals surface area contributed by atoms with Gasteiger partial charge >= 0.3 is 5.97 Å². The third-order valence-corrected chi connectivity index (χ3v) is 5.87. The molecule has 0 spiro atoms. The Morgan fingerprint density at radius 3 is 2.39 bits per heavy atom. The summed E-state index contributed by atoms with van der Waals surface area (Å²) in [5, 5.41) is 17.7. The molecule has 2 aromatic carbocycles. The van der Waals surface area contributed by atoms with Gasteiger partial charge in [-0.2, -0.15) is 0 Å². The van der Waals surface area contributed by atoms with Gasteiger partial charge in [0.25, 0.3) is 0 Å². The standard InChI is InChI=1S/C27H33FN2O6/c1-7-34-21-12-17-13-30(25(29)22(17)23(28)24(21)35-8-2)14-19(31)16-9-10-20(36-15(3)26(32)33)18(11-16)27(4,5)6/h9-12,15,29H,7-8,13-14H2,1-6H3,(H,32,33). The minimum Gasteiger partial charge on any atom is -0.490 e. The zero-order chi connectivity index (χ0) is 26.8. The molecule has 194 valence electrons. The number of carboxylic acid groups (broad SMARTS) is 1. The molecule has 0 bridgehead atoms. The number of carbonyl (C=O) groups is 2. The number of amidine groups is 1. The second-order valence-corrected chi connectivity index (χ2v) is 9.61. The first-order valence-electron chi connectivity index (χ1n) is 11.9. The third kappa shape index (κ3) is 5.45. The first kappa shape index (κ1) is 27.0. The number of ketones is 1. The van der Waals surface area contributed by atoms with E-state index < -0.39 is 23.3 Å². The summed E-state index contributed by atoms with van der Waals surface area (Å²) in [6.07, 6.45) is -1.05. The summed E-state index contributed by atoms with van der Waals surface area (Å²) in [4.78, 5) is 26.0. The molecular formula is C27H33FN2O6. The summed E-state index contributed by atoms with van der Waals surface area (Å²) in [6, 6.07) is 6.54. The minimum atomic E-state index is -1.09. The van der Waals surface area contributed by atoms with Crippen molar-refractivity contribution in [2.24, 2.45) is 0 Å². The zero-order valence-corrected chi connectivity index (χ0v) is 21.5. The number of carboxylic acids is 1. The predicted octanol–water partition coefficient (Wildman–Crippen LogP) is 4.80. The molecular weight excluding hydrogens is 467 g/mol. The molecule has 0 saturated heterocycles. The Labute approximate surface area is 210 Å². The van der Waals surface area contributed by atoms with Gasteiger partial charge in [-0.1, -0.05) is 20.8 Å². The fourth-order valence-electron chi connectivity index (χ4n) is 4.06. The van der Waals surface area contributed by atoms with E-state index in [1.165, 1.54) is 11.8 Å². The quantitative estimate of drug-likeness (QED) is 0.451. The van der Waals surface area contributed by atoms with Gasteiger partial charge in [0.15, 0.2) is 29.2 Å². The lowest BCUT2D eigenvalue weighted by molar-refractivity contribution is -0.144. The molecule has 8 nitrogen and oxygen atoms in total. The Bertz CT molecular complexity index is 1190. The topological polar surface area (TPSA) is 109 Å². The summed E-state index contributed by atoms with van der Waals surface area (Å²) in [5.74, 6) is -1.47.